The summed E-state index contributed by atoms with van der Waals surface area (Å²) in [5, 5.41) is 19.1. The van der Waals surface area contributed by atoms with Crippen molar-refractivity contribution in [2.45, 2.75) is 31.1 Å². The average molecular weight is 357 g/mol. The highest BCUT2D eigenvalue weighted by molar-refractivity contribution is 7.99. The van der Waals surface area contributed by atoms with Gasteiger partial charge in [-0.15, -0.1) is 10.2 Å². The molecule has 1 aromatic heterocycles. The van der Waals surface area contributed by atoms with Gasteiger partial charge in [0.25, 0.3) is 0 Å². The smallest absolute Gasteiger partial charge is 0.191 e. The van der Waals surface area contributed by atoms with E-state index in [1.807, 2.05) is 34.9 Å². The van der Waals surface area contributed by atoms with Gasteiger partial charge in [0.2, 0.25) is 0 Å². The molecule has 0 saturated heterocycles. The molecule has 0 unspecified atom stereocenters. The van der Waals surface area contributed by atoms with E-state index < -0.39 is 5.60 Å². The topological polar surface area (TPSA) is 50.9 Å². The Balaban J connectivity index is 2.00. The summed E-state index contributed by atoms with van der Waals surface area (Å²) >= 11 is 1.41. The number of thioether (sulfide) groups is 1. The summed E-state index contributed by atoms with van der Waals surface area (Å²) in [7, 11) is 0. The van der Waals surface area contributed by atoms with Crippen LogP contribution >= 0.6 is 11.8 Å². The normalized spacial score (nSPS) is 11.7. The van der Waals surface area contributed by atoms with Crippen molar-refractivity contribution >= 4 is 11.8 Å². The molecule has 3 aromatic rings. The Morgan fingerprint density at radius 2 is 1.72 bits per heavy atom. The second kappa shape index (κ2) is 7.37. The van der Waals surface area contributed by atoms with Crippen LogP contribution in [0.3, 0.4) is 0 Å². The largest absolute Gasteiger partial charge is 0.390 e. The predicted octanol–water partition coefficient (Wildman–Crippen LogP) is 4.00. The fourth-order valence-corrected chi connectivity index (χ4v) is 3.27. The van der Waals surface area contributed by atoms with Crippen molar-refractivity contribution in [2.75, 3.05) is 5.75 Å². The summed E-state index contributed by atoms with van der Waals surface area (Å²) < 4.78 is 16.1. The predicted molar refractivity (Wildman–Crippen MR) is 98.0 cm³/mol. The lowest BCUT2D eigenvalue weighted by Gasteiger charge is -2.16. The third-order valence-electron chi connectivity index (χ3n) is 3.57. The van der Waals surface area contributed by atoms with Crippen molar-refractivity contribution in [3.05, 3.63) is 66.0 Å². The fraction of sp³-hybridized carbons (Fsp3) is 0.263. The Morgan fingerprint density at radius 1 is 1.04 bits per heavy atom. The minimum atomic E-state index is -0.827. The number of aromatic nitrogens is 3. The van der Waals surface area contributed by atoms with Crippen molar-refractivity contribution in [1.82, 2.24) is 14.8 Å². The minimum absolute atomic E-state index is 0.330. The molecule has 0 radical (unpaired) electrons. The second-order valence-corrected chi connectivity index (χ2v) is 7.40. The Hall–Kier alpha value is -2.18. The maximum Gasteiger partial charge on any atom is 0.191 e. The van der Waals surface area contributed by atoms with E-state index in [2.05, 4.69) is 10.2 Å². The van der Waals surface area contributed by atoms with Crippen molar-refractivity contribution in [3.8, 4) is 11.4 Å². The van der Waals surface area contributed by atoms with Gasteiger partial charge in [-0.2, -0.15) is 0 Å². The Kier molecular flexibility index (Phi) is 5.20. The summed E-state index contributed by atoms with van der Waals surface area (Å²) in [5.74, 6) is 0.625. The maximum atomic E-state index is 14.3. The number of halogens is 1. The van der Waals surface area contributed by atoms with Crippen LogP contribution in [-0.2, 0) is 6.54 Å². The first-order valence-electron chi connectivity index (χ1n) is 8.01. The van der Waals surface area contributed by atoms with E-state index in [4.69, 9.17) is 0 Å². The zero-order valence-corrected chi connectivity index (χ0v) is 15.0. The molecule has 0 atom stereocenters. The fourth-order valence-electron chi connectivity index (χ4n) is 2.39. The van der Waals surface area contributed by atoms with Gasteiger partial charge in [-0.3, -0.25) is 4.57 Å². The molecule has 0 aliphatic carbocycles. The lowest BCUT2D eigenvalue weighted by molar-refractivity contribution is 0.107. The molecule has 25 heavy (non-hydrogen) atoms. The molecule has 2 aromatic carbocycles. The third-order valence-corrected chi connectivity index (χ3v) is 4.98. The molecule has 1 N–H and O–H groups in total. The highest BCUT2D eigenvalue weighted by atomic mass is 32.2. The molecule has 0 spiro atoms. The van der Waals surface area contributed by atoms with Crippen LogP contribution in [0.4, 0.5) is 4.39 Å². The molecule has 0 aliphatic rings. The molecule has 0 saturated carbocycles. The van der Waals surface area contributed by atoms with Gasteiger partial charge in [0.1, 0.15) is 5.82 Å². The second-order valence-electron chi connectivity index (χ2n) is 6.46. The molecule has 0 fully saturated rings. The zero-order valence-electron chi connectivity index (χ0n) is 14.2. The van der Waals surface area contributed by atoms with E-state index in [9.17, 15) is 9.50 Å². The highest BCUT2D eigenvalue weighted by Crippen LogP contribution is 2.28. The number of aliphatic hydroxyl groups is 1. The summed E-state index contributed by atoms with van der Waals surface area (Å²) in [6.45, 7) is 4.02. The molecular formula is C19H20FN3OS. The van der Waals surface area contributed by atoms with Gasteiger partial charge in [0.15, 0.2) is 11.0 Å². The van der Waals surface area contributed by atoms with Gasteiger partial charge in [0.05, 0.1) is 17.7 Å². The van der Waals surface area contributed by atoms with Crippen molar-refractivity contribution < 1.29 is 9.50 Å². The summed E-state index contributed by atoms with van der Waals surface area (Å²) in [5.41, 5.74) is 0.665. The molecular weight excluding hydrogens is 337 g/mol. The van der Waals surface area contributed by atoms with E-state index in [0.29, 0.717) is 28.8 Å². The van der Waals surface area contributed by atoms with Crippen molar-refractivity contribution in [2.24, 2.45) is 0 Å². The average Bonchev–Trinajstić information content (AvgIpc) is 2.96. The van der Waals surface area contributed by atoms with E-state index in [1.54, 1.807) is 32.0 Å². The van der Waals surface area contributed by atoms with E-state index in [-0.39, 0.29) is 5.82 Å². The van der Waals surface area contributed by atoms with Crippen LogP contribution in [0, 0.1) is 5.82 Å². The van der Waals surface area contributed by atoms with E-state index in [1.165, 1.54) is 17.8 Å². The van der Waals surface area contributed by atoms with Gasteiger partial charge in [-0.25, -0.2) is 4.39 Å². The molecule has 0 amide bonds. The molecule has 130 valence electrons. The molecule has 0 bridgehead atoms. The molecule has 0 aliphatic heterocycles. The van der Waals surface area contributed by atoms with Crippen LogP contribution in [0.5, 0.6) is 0 Å². The van der Waals surface area contributed by atoms with Gasteiger partial charge in [-0.05, 0) is 31.5 Å². The third kappa shape index (κ3) is 4.46. The summed E-state index contributed by atoms with van der Waals surface area (Å²) in [6.07, 6.45) is 0. The lowest BCUT2D eigenvalue weighted by Crippen LogP contribution is -2.22. The van der Waals surface area contributed by atoms with Crippen LogP contribution < -0.4 is 0 Å². The van der Waals surface area contributed by atoms with Crippen molar-refractivity contribution in [3.63, 3.8) is 0 Å². The first-order valence-corrected chi connectivity index (χ1v) is 9.00. The van der Waals surface area contributed by atoms with Gasteiger partial charge >= 0.3 is 0 Å². The maximum absolute atomic E-state index is 14.3. The number of nitrogens with zero attached hydrogens (tertiary/aromatic N) is 3. The first kappa shape index (κ1) is 17.6. The number of hydrogen-bond donors (Lipinski definition) is 1. The number of benzene rings is 2. The summed E-state index contributed by atoms with van der Waals surface area (Å²) in [4.78, 5) is 0. The van der Waals surface area contributed by atoms with E-state index >= 15 is 0 Å². The van der Waals surface area contributed by atoms with Crippen LogP contribution in [0.1, 0.15) is 19.4 Å². The molecule has 3 rings (SSSR count). The molecule has 6 heteroatoms. The SMILES string of the molecule is CC(C)(O)CSc1nnc(-c2ccccc2F)n1Cc1ccccc1. The molecule has 4 nitrogen and oxygen atoms in total. The van der Waals surface area contributed by atoms with Crippen LogP contribution in [0.25, 0.3) is 11.4 Å². The highest BCUT2D eigenvalue weighted by Gasteiger charge is 2.20. The zero-order chi connectivity index (χ0) is 17.9. The van der Waals surface area contributed by atoms with Crippen LogP contribution in [0.15, 0.2) is 59.8 Å². The van der Waals surface area contributed by atoms with Crippen LogP contribution in [-0.4, -0.2) is 31.2 Å². The van der Waals surface area contributed by atoms with Gasteiger partial charge < -0.3 is 5.11 Å². The van der Waals surface area contributed by atoms with Crippen molar-refractivity contribution in [1.29, 1.82) is 0 Å². The van der Waals surface area contributed by atoms with Crippen LogP contribution in [0.2, 0.25) is 0 Å². The Bertz CT molecular complexity index is 843. The molecule has 1 heterocycles. The Labute approximate surface area is 150 Å². The standard InChI is InChI=1S/C19H20FN3OS/c1-19(2,24)13-25-18-22-21-17(15-10-6-7-11-16(15)20)23(18)12-14-8-4-3-5-9-14/h3-11,24H,12-13H2,1-2H3. The van der Waals surface area contributed by atoms with Gasteiger partial charge in [-0.1, -0.05) is 54.2 Å². The van der Waals surface area contributed by atoms with E-state index in [0.717, 1.165) is 5.56 Å². The first-order chi connectivity index (χ1) is 11.9. The quantitative estimate of drug-likeness (QED) is 0.678. The Morgan fingerprint density at radius 3 is 2.40 bits per heavy atom. The lowest BCUT2D eigenvalue weighted by atomic mass is 10.2. The van der Waals surface area contributed by atoms with Gasteiger partial charge in [0, 0.05) is 5.75 Å². The number of hydrogen-bond acceptors (Lipinski definition) is 4. The number of rotatable bonds is 6. The minimum Gasteiger partial charge on any atom is -0.390 e. The summed E-state index contributed by atoms with van der Waals surface area (Å²) in [6, 6.07) is 16.5. The monoisotopic (exact) mass is 357 g/mol.